The van der Waals surface area contributed by atoms with Crippen molar-refractivity contribution >= 4 is 11.9 Å². The Balaban J connectivity index is 0.000000339. The normalized spacial score (nSPS) is 27.0. The Hall–Kier alpha value is -2.17. The minimum absolute atomic E-state index is 0.000552. The highest BCUT2D eigenvalue weighted by Crippen LogP contribution is 2.54. The van der Waals surface area contributed by atoms with Gasteiger partial charge in [0.1, 0.15) is 0 Å². The van der Waals surface area contributed by atoms with E-state index >= 15 is 0 Å². The third kappa shape index (κ3) is 5.19. The second kappa shape index (κ2) is 8.40. The summed E-state index contributed by atoms with van der Waals surface area (Å²) in [5.41, 5.74) is 0.0169. The van der Waals surface area contributed by atoms with Gasteiger partial charge >= 0.3 is 18.1 Å². The maximum Gasteiger partial charge on any atom is 0.490 e. The van der Waals surface area contributed by atoms with Crippen LogP contribution in [0.15, 0.2) is 4.52 Å². The summed E-state index contributed by atoms with van der Waals surface area (Å²) in [6.07, 6.45) is 0.857. The molecule has 31 heavy (non-hydrogen) atoms. The molecule has 1 saturated heterocycles. The number of hydrogen-bond donors (Lipinski definition) is 2. The number of aromatic nitrogens is 2. The first-order valence-electron chi connectivity index (χ1n) is 10.5. The molecule has 3 aliphatic rings. The van der Waals surface area contributed by atoms with Gasteiger partial charge in [-0.1, -0.05) is 25.4 Å². The van der Waals surface area contributed by atoms with Gasteiger partial charge in [-0.25, -0.2) is 4.79 Å². The van der Waals surface area contributed by atoms with Crippen LogP contribution in [0.5, 0.6) is 0 Å². The summed E-state index contributed by atoms with van der Waals surface area (Å²) in [5.74, 6) is -0.958. The molecule has 0 aromatic carbocycles. The fourth-order valence-electron chi connectivity index (χ4n) is 4.90. The van der Waals surface area contributed by atoms with Gasteiger partial charge in [-0.2, -0.15) is 18.2 Å². The van der Waals surface area contributed by atoms with Crippen molar-refractivity contribution in [2.24, 2.45) is 11.3 Å². The fraction of sp³-hybridized carbons (Fsp3) is 0.800. The van der Waals surface area contributed by atoms with Crippen molar-refractivity contribution in [1.82, 2.24) is 15.0 Å². The van der Waals surface area contributed by atoms with Crippen LogP contribution in [0.25, 0.3) is 0 Å². The summed E-state index contributed by atoms with van der Waals surface area (Å²) < 4.78 is 37.4. The van der Waals surface area contributed by atoms with Crippen molar-refractivity contribution in [3.8, 4) is 0 Å². The van der Waals surface area contributed by atoms with Crippen LogP contribution in [0.2, 0.25) is 0 Å². The summed E-state index contributed by atoms with van der Waals surface area (Å²) >= 11 is 0. The quantitative estimate of drug-likeness (QED) is 0.681. The van der Waals surface area contributed by atoms with E-state index in [0.29, 0.717) is 12.3 Å². The van der Waals surface area contributed by atoms with Gasteiger partial charge in [0.15, 0.2) is 5.82 Å². The first-order chi connectivity index (χ1) is 14.4. The lowest BCUT2D eigenvalue weighted by molar-refractivity contribution is -0.192. The van der Waals surface area contributed by atoms with Crippen molar-refractivity contribution in [3.05, 3.63) is 11.7 Å². The highest BCUT2D eigenvalue weighted by molar-refractivity contribution is 5.73. The monoisotopic (exact) mass is 447 g/mol. The van der Waals surface area contributed by atoms with E-state index in [1.165, 1.54) is 12.8 Å². The number of nitrogens with zero attached hydrogens (tertiary/aromatic N) is 3. The molecule has 8 nitrogen and oxygen atoms in total. The average Bonchev–Trinajstić information content (AvgIpc) is 3.01. The minimum atomic E-state index is -5.08. The number of carbonyl (C=O) groups is 2. The van der Waals surface area contributed by atoms with Crippen LogP contribution in [0.4, 0.5) is 13.2 Å². The molecule has 11 heteroatoms. The van der Waals surface area contributed by atoms with Crippen molar-refractivity contribution < 1.29 is 37.5 Å². The summed E-state index contributed by atoms with van der Waals surface area (Å²) in [7, 11) is 0. The molecule has 2 heterocycles. The summed E-state index contributed by atoms with van der Waals surface area (Å²) in [4.78, 5) is 27.2. The summed E-state index contributed by atoms with van der Waals surface area (Å²) in [6.45, 7) is 7.06. The first kappa shape index (κ1) is 23.5. The number of fused-ring (bicyclic) bond motifs is 1. The van der Waals surface area contributed by atoms with Crippen LogP contribution >= 0.6 is 0 Å². The number of carboxylic acids is 2. The lowest BCUT2D eigenvalue weighted by Gasteiger charge is -2.26. The second-order valence-electron chi connectivity index (χ2n) is 9.40. The molecule has 0 amide bonds. The Kier molecular flexibility index (Phi) is 6.37. The highest BCUT2D eigenvalue weighted by atomic mass is 19.4. The van der Waals surface area contributed by atoms with Gasteiger partial charge in [-0.3, -0.25) is 4.79 Å². The number of carboxylic acid groups (broad SMARTS) is 2. The van der Waals surface area contributed by atoms with Crippen LogP contribution < -0.4 is 0 Å². The van der Waals surface area contributed by atoms with Crippen molar-refractivity contribution in [3.63, 3.8) is 0 Å². The number of likely N-dealkylation sites (tertiary alicyclic amines) is 1. The predicted octanol–water partition coefficient (Wildman–Crippen LogP) is 3.43. The van der Waals surface area contributed by atoms with E-state index in [1.54, 1.807) is 0 Å². The van der Waals surface area contributed by atoms with Crippen LogP contribution in [0.3, 0.4) is 0 Å². The van der Waals surface area contributed by atoms with Gasteiger partial charge in [-0.15, -0.1) is 0 Å². The van der Waals surface area contributed by atoms with E-state index in [1.807, 2.05) is 0 Å². The molecule has 3 fully saturated rings. The molecule has 1 aromatic rings. The zero-order chi connectivity index (χ0) is 23.0. The predicted molar refractivity (Wildman–Crippen MR) is 101 cm³/mol. The van der Waals surface area contributed by atoms with Gasteiger partial charge in [0.25, 0.3) is 0 Å². The van der Waals surface area contributed by atoms with Crippen LogP contribution in [0, 0.1) is 11.3 Å². The topological polar surface area (TPSA) is 117 Å². The Morgan fingerprint density at radius 2 is 1.90 bits per heavy atom. The molecular weight excluding hydrogens is 419 g/mol. The Bertz CT molecular complexity index is 821. The molecule has 0 unspecified atom stereocenters. The van der Waals surface area contributed by atoms with E-state index in [9.17, 15) is 18.0 Å². The number of hydrogen-bond acceptors (Lipinski definition) is 6. The van der Waals surface area contributed by atoms with Gasteiger partial charge in [0, 0.05) is 25.6 Å². The number of aliphatic carboxylic acids is 2. The number of alkyl halides is 3. The molecule has 1 aliphatic heterocycles. The van der Waals surface area contributed by atoms with Gasteiger partial charge in [-0.05, 0) is 37.0 Å². The third-order valence-corrected chi connectivity index (χ3v) is 6.61. The highest BCUT2D eigenvalue weighted by Gasteiger charge is 2.56. The minimum Gasteiger partial charge on any atom is -0.481 e. The number of halogens is 3. The first-order valence-corrected chi connectivity index (χ1v) is 10.5. The molecule has 1 aromatic heterocycles. The summed E-state index contributed by atoms with van der Waals surface area (Å²) in [5, 5.41) is 20.5. The third-order valence-electron chi connectivity index (χ3n) is 6.61. The Labute approximate surface area is 177 Å². The van der Waals surface area contributed by atoms with Crippen molar-refractivity contribution in [2.45, 2.75) is 69.9 Å². The van der Waals surface area contributed by atoms with E-state index in [2.05, 4.69) is 23.9 Å². The van der Waals surface area contributed by atoms with Crippen LogP contribution in [0.1, 0.15) is 70.0 Å². The average molecular weight is 447 g/mol. The standard InChI is InChI=1S/C18H27N3O3.C2HF3O2/c1-12(2)15-19-16(24-20-15)18-5-3-4-13(18)9-21(11-18)10-17(6-7-17)8-14(22)23;3-2(4,5)1(6)7/h12-13H,3-11H2,1-2H3,(H,22,23);(H,6,7)/t13-,18-;/m0./s1. The maximum absolute atomic E-state index is 11.1. The van der Waals surface area contributed by atoms with Gasteiger partial charge < -0.3 is 19.6 Å². The fourth-order valence-corrected chi connectivity index (χ4v) is 4.90. The Morgan fingerprint density at radius 1 is 1.26 bits per heavy atom. The van der Waals surface area contributed by atoms with E-state index in [0.717, 1.165) is 50.6 Å². The maximum atomic E-state index is 11.1. The molecule has 4 rings (SSSR count). The lowest BCUT2D eigenvalue weighted by atomic mass is 9.80. The molecule has 2 N–H and O–H groups in total. The number of rotatable bonds is 6. The summed E-state index contributed by atoms with van der Waals surface area (Å²) in [6, 6.07) is 0. The van der Waals surface area contributed by atoms with Crippen molar-refractivity contribution in [1.29, 1.82) is 0 Å². The van der Waals surface area contributed by atoms with E-state index < -0.39 is 18.1 Å². The Morgan fingerprint density at radius 3 is 2.39 bits per heavy atom. The van der Waals surface area contributed by atoms with Crippen LogP contribution in [-0.2, 0) is 15.0 Å². The van der Waals surface area contributed by atoms with Crippen LogP contribution in [-0.4, -0.2) is 63.0 Å². The van der Waals surface area contributed by atoms with E-state index in [4.69, 9.17) is 24.5 Å². The molecule has 2 atom stereocenters. The molecule has 2 aliphatic carbocycles. The SMILES string of the molecule is CC(C)c1noc([C@]23CCC[C@H]2CN(CC2(CC(=O)O)CC2)C3)n1.O=C(O)C(F)(F)F. The molecule has 174 valence electrons. The zero-order valence-corrected chi connectivity index (χ0v) is 17.6. The molecule has 0 spiro atoms. The smallest absolute Gasteiger partial charge is 0.481 e. The molecular formula is C20H28F3N3O5. The van der Waals surface area contributed by atoms with Crippen molar-refractivity contribution in [2.75, 3.05) is 19.6 Å². The zero-order valence-electron chi connectivity index (χ0n) is 17.6. The largest absolute Gasteiger partial charge is 0.490 e. The molecule has 2 saturated carbocycles. The van der Waals surface area contributed by atoms with Gasteiger partial charge in [0.2, 0.25) is 5.89 Å². The van der Waals surface area contributed by atoms with E-state index in [-0.39, 0.29) is 16.7 Å². The van der Waals surface area contributed by atoms with Gasteiger partial charge in [0.05, 0.1) is 11.8 Å². The lowest BCUT2D eigenvalue weighted by Crippen LogP contribution is -2.35. The molecule has 0 radical (unpaired) electrons. The second-order valence-corrected chi connectivity index (χ2v) is 9.40. The molecule has 0 bridgehead atoms.